The quantitative estimate of drug-likeness (QED) is 0.641. The molecule has 104 valence electrons. The highest BCUT2D eigenvalue weighted by Gasteiger charge is 2.31. The van der Waals surface area contributed by atoms with Crippen molar-refractivity contribution >= 4 is 0 Å². The molecule has 0 aliphatic heterocycles. The van der Waals surface area contributed by atoms with Crippen molar-refractivity contribution in [3.63, 3.8) is 0 Å². The van der Waals surface area contributed by atoms with Crippen molar-refractivity contribution < 1.29 is 19.3 Å². The van der Waals surface area contributed by atoms with E-state index in [4.69, 9.17) is 14.2 Å². The summed E-state index contributed by atoms with van der Waals surface area (Å²) in [4.78, 5) is 0. The maximum Gasteiger partial charge on any atom is 0.0635 e. The second kappa shape index (κ2) is 8.86. The predicted octanol–water partition coefficient (Wildman–Crippen LogP) is 1.85. The van der Waals surface area contributed by atoms with Crippen molar-refractivity contribution in [2.45, 2.75) is 46.8 Å². The van der Waals surface area contributed by atoms with Gasteiger partial charge < -0.3 is 19.3 Å². The third kappa shape index (κ3) is 7.71. The molecular formula is C13H28O4. The molecule has 0 fully saturated rings. The number of ether oxygens (including phenoxy) is 3. The number of hydrogen-bond acceptors (Lipinski definition) is 4. The highest BCUT2D eigenvalue weighted by molar-refractivity contribution is 4.79. The van der Waals surface area contributed by atoms with Crippen molar-refractivity contribution in [1.29, 1.82) is 0 Å². The summed E-state index contributed by atoms with van der Waals surface area (Å²) in [6.07, 6.45) is 0.281. The second-order valence-electron chi connectivity index (χ2n) is 5.01. The predicted molar refractivity (Wildman–Crippen MR) is 68.2 cm³/mol. The summed E-state index contributed by atoms with van der Waals surface area (Å²) in [6.45, 7) is 11.9. The average Bonchev–Trinajstić information content (AvgIpc) is 2.28. The van der Waals surface area contributed by atoms with Gasteiger partial charge in [0.2, 0.25) is 0 Å². The van der Waals surface area contributed by atoms with E-state index >= 15 is 0 Å². The molecule has 0 atom stereocenters. The van der Waals surface area contributed by atoms with Crippen LogP contribution in [0.25, 0.3) is 0 Å². The standard InChI is InChI=1S/C13H28O4/c1-6-15-8-13(7-14,9-16-11(2)3)10-17-12(4)5/h11-12,14H,6-10H2,1-5H3. The molecule has 0 aromatic carbocycles. The van der Waals surface area contributed by atoms with Crippen LogP contribution in [-0.4, -0.2) is 50.3 Å². The van der Waals surface area contributed by atoms with Gasteiger partial charge in [-0.05, 0) is 34.6 Å². The first-order chi connectivity index (χ1) is 7.95. The summed E-state index contributed by atoms with van der Waals surface area (Å²) in [5, 5.41) is 9.59. The van der Waals surface area contributed by atoms with Crippen LogP contribution in [0.1, 0.15) is 34.6 Å². The molecule has 0 bridgehead atoms. The molecule has 0 aliphatic rings. The number of rotatable bonds is 10. The fourth-order valence-electron chi connectivity index (χ4n) is 1.27. The van der Waals surface area contributed by atoms with Gasteiger partial charge in [-0.3, -0.25) is 0 Å². The summed E-state index contributed by atoms with van der Waals surface area (Å²) in [5.74, 6) is 0. The summed E-state index contributed by atoms with van der Waals surface area (Å²) in [6, 6.07) is 0. The first kappa shape index (κ1) is 16.8. The van der Waals surface area contributed by atoms with Gasteiger partial charge >= 0.3 is 0 Å². The lowest BCUT2D eigenvalue weighted by Crippen LogP contribution is -2.42. The van der Waals surface area contributed by atoms with E-state index in [2.05, 4.69) is 0 Å². The molecule has 0 unspecified atom stereocenters. The molecule has 0 saturated heterocycles. The number of aliphatic hydroxyl groups excluding tert-OH is 1. The van der Waals surface area contributed by atoms with E-state index in [0.717, 1.165) is 0 Å². The normalized spacial score (nSPS) is 12.7. The van der Waals surface area contributed by atoms with Gasteiger partial charge in [-0.15, -0.1) is 0 Å². The van der Waals surface area contributed by atoms with Crippen LogP contribution >= 0.6 is 0 Å². The molecule has 4 heteroatoms. The van der Waals surface area contributed by atoms with Gasteiger partial charge in [-0.2, -0.15) is 0 Å². The zero-order chi connectivity index (χ0) is 13.3. The van der Waals surface area contributed by atoms with Crippen LogP contribution in [-0.2, 0) is 14.2 Å². The summed E-state index contributed by atoms with van der Waals surface area (Å²) in [5.41, 5.74) is -0.454. The molecule has 0 amide bonds. The van der Waals surface area contributed by atoms with E-state index in [1.54, 1.807) is 0 Å². The van der Waals surface area contributed by atoms with Gasteiger partial charge in [0.15, 0.2) is 0 Å². The van der Waals surface area contributed by atoms with Gasteiger partial charge in [-0.1, -0.05) is 0 Å². The molecule has 0 heterocycles. The Morgan fingerprint density at radius 1 is 0.941 bits per heavy atom. The summed E-state index contributed by atoms with van der Waals surface area (Å²) in [7, 11) is 0. The van der Waals surface area contributed by atoms with Gasteiger partial charge in [0.1, 0.15) is 0 Å². The summed E-state index contributed by atoms with van der Waals surface area (Å²) < 4.78 is 16.6. The molecule has 0 radical (unpaired) electrons. The molecule has 4 nitrogen and oxygen atoms in total. The van der Waals surface area contributed by atoms with Crippen LogP contribution in [0.3, 0.4) is 0 Å². The topological polar surface area (TPSA) is 47.9 Å². The van der Waals surface area contributed by atoms with Gasteiger partial charge in [0.05, 0.1) is 44.1 Å². The van der Waals surface area contributed by atoms with Gasteiger partial charge in [-0.25, -0.2) is 0 Å². The Balaban J connectivity index is 4.38. The van der Waals surface area contributed by atoms with Crippen LogP contribution in [0.4, 0.5) is 0 Å². The van der Waals surface area contributed by atoms with Crippen molar-refractivity contribution in [3.05, 3.63) is 0 Å². The molecule has 0 rings (SSSR count). The van der Waals surface area contributed by atoms with E-state index in [1.807, 2.05) is 34.6 Å². The largest absolute Gasteiger partial charge is 0.396 e. The van der Waals surface area contributed by atoms with Crippen molar-refractivity contribution in [2.75, 3.05) is 33.0 Å². The minimum absolute atomic E-state index is 0.00639. The average molecular weight is 248 g/mol. The Kier molecular flexibility index (Phi) is 8.78. The molecule has 0 saturated carbocycles. The number of aliphatic hydroxyl groups is 1. The maximum absolute atomic E-state index is 9.59. The van der Waals surface area contributed by atoms with Crippen LogP contribution in [0, 0.1) is 5.41 Å². The van der Waals surface area contributed by atoms with E-state index in [1.165, 1.54) is 0 Å². The minimum atomic E-state index is -0.454. The summed E-state index contributed by atoms with van der Waals surface area (Å²) >= 11 is 0. The second-order valence-corrected chi connectivity index (χ2v) is 5.01. The van der Waals surface area contributed by atoms with Crippen molar-refractivity contribution in [2.24, 2.45) is 5.41 Å². The smallest absolute Gasteiger partial charge is 0.0635 e. The van der Waals surface area contributed by atoms with E-state index in [0.29, 0.717) is 26.4 Å². The number of hydrogen-bond donors (Lipinski definition) is 1. The fourth-order valence-corrected chi connectivity index (χ4v) is 1.27. The van der Waals surface area contributed by atoms with E-state index in [9.17, 15) is 5.11 Å². The van der Waals surface area contributed by atoms with Crippen LogP contribution in [0.5, 0.6) is 0 Å². The Morgan fingerprint density at radius 2 is 1.41 bits per heavy atom. The minimum Gasteiger partial charge on any atom is -0.396 e. The molecule has 0 aromatic heterocycles. The highest BCUT2D eigenvalue weighted by Crippen LogP contribution is 2.20. The fraction of sp³-hybridized carbons (Fsp3) is 1.00. The first-order valence-corrected chi connectivity index (χ1v) is 6.37. The zero-order valence-corrected chi connectivity index (χ0v) is 11.9. The zero-order valence-electron chi connectivity index (χ0n) is 11.9. The molecule has 1 N–H and O–H groups in total. The monoisotopic (exact) mass is 248 g/mol. The van der Waals surface area contributed by atoms with E-state index < -0.39 is 5.41 Å². The first-order valence-electron chi connectivity index (χ1n) is 6.37. The molecule has 0 spiro atoms. The molecular weight excluding hydrogens is 220 g/mol. The van der Waals surface area contributed by atoms with Gasteiger partial charge in [0.25, 0.3) is 0 Å². The third-order valence-electron chi connectivity index (χ3n) is 2.39. The van der Waals surface area contributed by atoms with Crippen LogP contribution in [0.15, 0.2) is 0 Å². The lowest BCUT2D eigenvalue weighted by molar-refractivity contribution is -0.110. The third-order valence-corrected chi connectivity index (χ3v) is 2.39. The maximum atomic E-state index is 9.59. The lowest BCUT2D eigenvalue weighted by Gasteiger charge is -2.32. The lowest BCUT2D eigenvalue weighted by atomic mass is 9.92. The Morgan fingerprint density at radius 3 is 1.71 bits per heavy atom. The Bertz CT molecular complexity index is 168. The van der Waals surface area contributed by atoms with Crippen molar-refractivity contribution in [3.8, 4) is 0 Å². The van der Waals surface area contributed by atoms with Gasteiger partial charge in [0, 0.05) is 6.61 Å². The molecule has 0 aromatic rings. The Labute approximate surface area is 105 Å². The Hall–Kier alpha value is -0.160. The molecule has 0 aliphatic carbocycles. The van der Waals surface area contributed by atoms with Crippen molar-refractivity contribution in [1.82, 2.24) is 0 Å². The van der Waals surface area contributed by atoms with Crippen LogP contribution in [0.2, 0.25) is 0 Å². The molecule has 17 heavy (non-hydrogen) atoms. The highest BCUT2D eigenvalue weighted by atomic mass is 16.5. The SMILES string of the molecule is CCOCC(CO)(COC(C)C)COC(C)C. The van der Waals surface area contributed by atoms with Crippen LogP contribution < -0.4 is 0 Å². The van der Waals surface area contributed by atoms with E-state index in [-0.39, 0.29) is 18.8 Å².